The zero-order chi connectivity index (χ0) is 15.5. The van der Waals surface area contributed by atoms with Crippen molar-refractivity contribution >= 4 is 0 Å². The lowest BCUT2D eigenvalue weighted by Gasteiger charge is -2.11. The van der Waals surface area contributed by atoms with Crippen molar-refractivity contribution in [3.63, 3.8) is 0 Å². The van der Waals surface area contributed by atoms with E-state index in [9.17, 15) is 13.2 Å². The predicted molar refractivity (Wildman–Crippen MR) is 72.6 cm³/mol. The second-order valence-corrected chi connectivity index (χ2v) is 4.58. The highest BCUT2D eigenvalue weighted by molar-refractivity contribution is 5.30. The molecule has 2 N–H and O–H groups in total. The number of aromatic nitrogens is 1. The molecule has 0 saturated heterocycles. The van der Waals surface area contributed by atoms with Crippen molar-refractivity contribution in [2.45, 2.75) is 26.3 Å². The Balaban J connectivity index is 2.07. The van der Waals surface area contributed by atoms with Gasteiger partial charge in [-0.3, -0.25) is 4.98 Å². The summed E-state index contributed by atoms with van der Waals surface area (Å²) in [5.41, 5.74) is 7.02. The van der Waals surface area contributed by atoms with Crippen molar-refractivity contribution in [3.8, 4) is 5.75 Å². The highest BCUT2D eigenvalue weighted by Gasteiger charge is 2.29. The van der Waals surface area contributed by atoms with Crippen LogP contribution in [-0.2, 0) is 19.3 Å². The molecule has 112 valence electrons. The summed E-state index contributed by atoms with van der Waals surface area (Å²) in [4.78, 5) is 4.25. The van der Waals surface area contributed by atoms with Gasteiger partial charge in [-0.1, -0.05) is 12.1 Å². The quantitative estimate of drug-likeness (QED) is 0.940. The van der Waals surface area contributed by atoms with E-state index < -0.39 is 11.7 Å². The molecule has 0 saturated carbocycles. The molecule has 0 atom stereocenters. The first-order valence-electron chi connectivity index (χ1n) is 6.35. The molecular formula is C15H15F3N2O. The van der Waals surface area contributed by atoms with Crippen molar-refractivity contribution in [1.29, 1.82) is 0 Å². The van der Waals surface area contributed by atoms with Gasteiger partial charge in [0.25, 0.3) is 0 Å². The molecule has 0 radical (unpaired) electrons. The summed E-state index contributed by atoms with van der Waals surface area (Å²) in [6.07, 6.45) is -4.33. The standard InChI is InChI=1S/C15H15F3N2O/c1-10-2-7-14(13(8-19)20-10)21-9-11-3-5-12(6-4-11)15(16,17)18/h2-7H,8-9,19H2,1H3. The molecule has 1 aromatic heterocycles. The van der Waals surface area contributed by atoms with Gasteiger partial charge in [-0.2, -0.15) is 13.2 Å². The molecule has 0 aliphatic rings. The van der Waals surface area contributed by atoms with E-state index in [1.165, 1.54) is 12.1 Å². The Bertz CT molecular complexity index is 609. The highest BCUT2D eigenvalue weighted by atomic mass is 19.4. The second-order valence-electron chi connectivity index (χ2n) is 4.58. The monoisotopic (exact) mass is 296 g/mol. The van der Waals surface area contributed by atoms with E-state index >= 15 is 0 Å². The maximum absolute atomic E-state index is 12.5. The Labute approximate surface area is 120 Å². The van der Waals surface area contributed by atoms with Crippen LogP contribution in [0.25, 0.3) is 0 Å². The lowest BCUT2D eigenvalue weighted by atomic mass is 10.1. The first-order chi connectivity index (χ1) is 9.90. The lowest BCUT2D eigenvalue weighted by molar-refractivity contribution is -0.137. The molecule has 0 aliphatic heterocycles. The Morgan fingerprint density at radius 2 is 1.76 bits per heavy atom. The third-order valence-corrected chi connectivity index (χ3v) is 2.94. The van der Waals surface area contributed by atoms with Crippen LogP contribution in [0.4, 0.5) is 13.2 Å². The number of rotatable bonds is 4. The Morgan fingerprint density at radius 3 is 2.33 bits per heavy atom. The molecular weight excluding hydrogens is 281 g/mol. The number of pyridine rings is 1. The summed E-state index contributed by atoms with van der Waals surface area (Å²) < 4.78 is 42.9. The topological polar surface area (TPSA) is 48.1 Å². The maximum atomic E-state index is 12.5. The lowest BCUT2D eigenvalue weighted by Crippen LogP contribution is -2.07. The van der Waals surface area contributed by atoms with Crippen molar-refractivity contribution in [2.75, 3.05) is 0 Å². The third-order valence-electron chi connectivity index (χ3n) is 2.94. The van der Waals surface area contributed by atoms with Crippen LogP contribution in [0.5, 0.6) is 5.75 Å². The van der Waals surface area contributed by atoms with Crippen LogP contribution in [0.1, 0.15) is 22.5 Å². The SMILES string of the molecule is Cc1ccc(OCc2ccc(C(F)(F)F)cc2)c(CN)n1. The van der Waals surface area contributed by atoms with Crippen molar-refractivity contribution < 1.29 is 17.9 Å². The number of nitrogens with two attached hydrogens (primary N) is 1. The summed E-state index contributed by atoms with van der Waals surface area (Å²) in [6.45, 7) is 2.25. The minimum absolute atomic E-state index is 0.163. The smallest absolute Gasteiger partial charge is 0.416 e. The van der Waals surface area contributed by atoms with E-state index in [1.807, 2.05) is 6.92 Å². The van der Waals surface area contributed by atoms with Crippen LogP contribution in [0.3, 0.4) is 0 Å². The van der Waals surface area contributed by atoms with Crippen LogP contribution in [0, 0.1) is 6.92 Å². The number of benzene rings is 1. The molecule has 0 amide bonds. The second kappa shape index (κ2) is 6.13. The van der Waals surface area contributed by atoms with Gasteiger partial charge in [-0.25, -0.2) is 0 Å². The van der Waals surface area contributed by atoms with E-state index in [0.29, 0.717) is 17.0 Å². The summed E-state index contributed by atoms with van der Waals surface area (Å²) >= 11 is 0. The van der Waals surface area contributed by atoms with E-state index in [2.05, 4.69) is 4.98 Å². The Morgan fingerprint density at radius 1 is 1.10 bits per heavy atom. The normalized spacial score (nSPS) is 11.5. The van der Waals surface area contributed by atoms with E-state index in [1.54, 1.807) is 12.1 Å². The van der Waals surface area contributed by atoms with Gasteiger partial charge in [0, 0.05) is 12.2 Å². The molecule has 0 unspecified atom stereocenters. The van der Waals surface area contributed by atoms with Crippen LogP contribution in [-0.4, -0.2) is 4.98 Å². The molecule has 6 heteroatoms. The predicted octanol–water partition coefficient (Wildman–Crippen LogP) is 3.45. The third kappa shape index (κ3) is 3.95. The molecule has 0 aliphatic carbocycles. The average molecular weight is 296 g/mol. The van der Waals surface area contributed by atoms with Crippen molar-refractivity contribution in [1.82, 2.24) is 4.98 Å². The number of halogens is 3. The number of nitrogens with zero attached hydrogens (tertiary/aromatic N) is 1. The molecule has 3 nitrogen and oxygen atoms in total. The zero-order valence-electron chi connectivity index (χ0n) is 11.4. The summed E-state index contributed by atoms with van der Waals surface area (Å²) in [7, 11) is 0. The van der Waals surface area contributed by atoms with E-state index in [4.69, 9.17) is 10.5 Å². The minimum Gasteiger partial charge on any atom is -0.487 e. The fourth-order valence-electron chi connectivity index (χ4n) is 1.83. The van der Waals surface area contributed by atoms with Gasteiger partial charge >= 0.3 is 6.18 Å². The highest BCUT2D eigenvalue weighted by Crippen LogP contribution is 2.29. The fourth-order valence-corrected chi connectivity index (χ4v) is 1.83. The van der Waals surface area contributed by atoms with Gasteiger partial charge in [-0.05, 0) is 36.8 Å². The van der Waals surface area contributed by atoms with Gasteiger partial charge < -0.3 is 10.5 Å². The maximum Gasteiger partial charge on any atom is 0.416 e. The van der Waals surface area contributed by atoms with Gasteiger partial charge in [0.05, 0.1) is 11.3 Å². The van der Waals surface area contributed by atoms with Gasteiger partial charge in [0.1, 0.15) is 12.4 Å². The number of ether oxygens (including phenoxy) is 1. The Kier molecular flexibility index (Phi) is 4.47. The van der Waals surface area contributed by atoms with E-state index in [0.717, 1.165) is 17.8 Å². The molecule has 2 aromatic rings. The van der Waals surface area contributed by atoms with Crippen LogP contribution < -0.4 is 10.5 Å². The Hall–Kier alpha value is -2.08. The van der Waals surface area contributed by atoms with Crippen LogP contribution in [0.2, 0.25) is 0 Å². The largest absolute Gasteiger partial charge is 0.487 e. The first kappa shape index (κ1) is 15.3. The molecule has 1 aromatic carbocycles. The van der Waals surface area contributed by atoms with Gasteiger partial charge in [-0.15, -0.1) is 0 Å². The molecule has 1 heterocycles. The first-order valence-corrected chi connectivity index (χ1v) is 6.35. The number of aryl methyl sites for hydroxylation is 1. The van der Waals surface area contributed by atoms with E-state index in [-0.39, 0.29) is 13.2 Å². The number of hydrogen-bond donors (Lipinski definition) is 1. The molecule has 0 fully saturated rings. The fraction of sp³-hybridized carbons (Fsp3) is 0.267. The number of alkyl halides is 3. The minimum atomic E-state index is -4.33. The molecule has 0 spiro atoms. The summed E-state index contributed by atoms with van der Waals surface area (Å²) in [6, 6.07) is 8.42. The van der Waals surface area contributed by atoms with Crippen LogP contribution >= 0.6 is 0 Å². The summed E-state index contributed by atoms with van der Waals surface area (Å²) in [5, 5.41) is 0. The van der Waals surface area contributed by atoms with Gasteiger partial charge in [0.2, 0.25) is 0 Å². The van der Waals surface area contributed by atoms with Crippen molar-refractivity contribution in [3.05, 3.63) is 58.9 Å². The molecule has 21 heavy (non-hydrogen) atoms. The molecule has 0 bridgehead atoms. The molecule has 2 rings (SSSR count). The van der Waals surface area contributed by atoms with Crippen molar-refractivity contribution in [2.24, 2.45) is 5.73 Å². The number of hydrogen-bond acceptors (Lipinski definition) is 3. The average Bonchev–Trinajstić information content (AvgIpc) is 2.45. The summed E-state index contributed by atoms with van der Waals surface area (Å²) in [5.74, 6) is 0.544. The zero-order valence-corrected chi connectivity index (χ0v) is 11.4. The van der Waals surface area contributed by atoms with Gasteiger partial charge in [0.15, 0.2) is 0 Å². The van der Waals surface area contributed by atoms with Crippen LogP contribution in [0.15, 0.2) is 36.4 Å².